The van der Waals surface area contributed by atoms with Crippen LogP contribution in [0.2, 0.25) is 0 Å². The molecule has 0 aromatic carbocycles. The molecule has 0 saturated carbocycles. The quantitative estimate of drug-likeness (QED) is 0.0876. The predicted molar refractivity (Wildman–Crippen MR) is 150 cm³/mol. The van der Waals surface area contributed by atoms with E-state index in [-0.39, 0.29) is 33.0 Å². The molecule has 0 fully saturated rings. The lowest BCUT2D eigenvalue weighted by Crippen LogP contribution is -2.43. The molecule has 2 atom stereocenters. The lowest BCUT2D eigenvalue weighted by Gasteiger charge is -2.32. The second-order valence-corrected chi connectivity index (χ2v) is 12.2. The molecule has 0 aliphatic heterocycles. The summed E-state index contributed by atoms with van der Waals surface area (Å²) in [5.74, 6) is 2.41. The van der Waals surface area contributed by atoms with Crippen LogP contribution in [0.3, 0.4) is 0 Å². The Bertz CT molecular complexity index is 548. The Balaban J connectivity index is 4.19. The number of hydrogen-bond donors (Lipinski definition) is 5. The van der Waals surface area contributed by atoms with Gasteiger partial charge in [-0.25, -0.2) is 0 Å². The van der Waals surface area contributed by atoms with Crippen molar-refractivity contribution in [2.45, 2.75) is 92.4 Å². The van der Waals surface area contributed by atoms with Gasteiger partial charge in [-0.2, -0.15) is 0 Å². The zero-order valence-electron chi connectivity index (χ0n) is 24.6. The third-order valence-electron chi connectivity index (χ3n) is 7.59. The van der Waals surface area contributed by atoms with E-state index in [1.54, 1.807) is 0 Å². The van der Waals surface area contributed by atoms with Crippen LogP contribution in [0.4, 0.5) is 0 Å². The van der Waals surface area contributed by atoms with Gasteiger partial charge < -0.3 is 35.0 Å². The van der Waals surface area contributed by atoms with Crippen LogP contribution >= 0.6 is 0 Å². The largest absolute Gasteiger partial charge is 0.396 e. The smallest absolute Gasteiger partial charge is 0.0650 e. The highest BCUT2D eigenvalue weighted by Crippen LogP contribution is 2.23. The molecule has 0 aliphatic carbocycles. The molecule has 0 heterocycles. The van der Waals surface area contributed by atoms with Crippen molar-refractivity contribution in [2.75, 3.05) is 59.5 Å². The monoisotopic (exact) mass is 532 g/mol. The molecule has 222 valence electrons. The maximum absolute atomic E-state index is 9.82. The van der Waals surface area contributed by atoms with Crippen LogP contribution in [0.15, 0.2) is 11.6 Å². The summed E-state index contributed by atoms with van der Waals surface area (Å²) in [4.78, 5) is 0. The van der Waals surface area contributed by atoms with E-state index < -0.39 is 30.7 Å². The normalized spacial score (nSPS) is 14.9. The molecule has 0 aromatic rings. The van der Waals surface area contributed by atoms with Crippen molar-refractivity contribution in [1.29, 1.82) is 0 Å². The molecule has 7 heteroatoms. The number of ether oxygens (including phenoxy) is 2. The second-order valence-electron chi connectivity index (χ2n) is 12.2. The Morgan fingerprint density at radius 1 is 0.622 bits per heavy atom. The van der Waals surface area contributed by atoms with Crippen LogP contribution in [0, 0.1) is 28.6 Å². The summed E-state index contributed by atoms with van der Waals surface area (Å²) >= 11 is 0. The minimum Gasteiger partial charge on any atom is -0.396 e. The predicted octanol–water partition coefficient (Wildman–Crippen LogP) is 4.34. The molecule has 5 N–H and O–H groups in total. The van der Waals surface area contributed by atoms with Crippen molar-refractivity contribution < 1.29 is 35.0 Å². The Morgan fingerprint density at radius 3 is 1.54 bits per heavy atom. The van der Waals surface area contributed by atoms with Gasteiger partial charge in [-0.3, -0.25) is 0 Å². The van der Waals surface area contributed by atoms with Crippen LogP contribution < -0.4 is 0 Å². The third kappa shape index (κ3) is 16.9. The number of allylic oxidation sites excluding steroid dienone is 1. The molecule has 37 heavy (non-hydrogen) atoms. The first kappa shape index (κ1) is 36.5. The Kier molecular flexibility index (Phi) is 21.0. The fourth-order valence-electron chi connectivity index (χ4n) is 4.33. The van der Waals surface area contributed by atoms with Crippen molar-refractivity contribution in [3.63, 3.8) is 0 Å². The topological polar surface area (TPSA) is 120 Å². The number of aliphatic hydroxyl groups is 5. The summed E-state index contributed by atoms with van der Waals surface area (Å²) in [6.45, 7) is 9.94. The first-order valence-electron chi connectivity index (χ1n) is 14.5. The van der Waals surface area contributed by atoms with E-state index >= 15 is 0 Å². The van der Waals surface area contributed by atoms with Crippen molar-refractivity contribution >= 4 is 0 Å². The summed E-state index contributed by atoms with van der Waals surface area (Å²) in [7, 11) is 0. The highest BCUT2D eigenvalue weighted by atomic mass is 16.5. The average Bonchev–Trinajstić information content (AvgIpc) is 2.88. The average molecular weight is 533 g/mol. The lowest BCUT2D eigenvalue weighted by molar-refractivity contribution is -0.109. The summed E-state index contributed by atoms with van der Waals surface area (Å²) in [5, 5.41) is 47.9. The minimum atomic E-state index is -1.15. The number of rotatable bonds is 25. The van der Waals surface area contributed by atoms with Gasteiger partial charge in [-0.05, 0) is 37.5 Å². The lowest BCUT2D eigenvalue weighted by atomic mass is 9.90. The van der Waals surface area contributed by atoms with Gasteiger partial charge in [0.15, 0.2) is 0 Å². The Morgan fingerprint density at radius 2 is 1.05 bits per heavy atom. The Labute approximate surface area is 227 Å². The van der Waals surface area contributed by atoms with Crippen molar-refractivity contribution in [2.24, 2.45) is 28.6 Å². The van der Waals surface area contributed by atoms with Crippen LogP contribution in [0.1, 0.15) is 92.4 Å². The maximum Gasteiger partial charge on any atom is 0.0650 e. The SMILES string of the molecule is C/C(=C\COCC(CO)(CO)COCC(CO)(CO)CO)CCCC(C)CCCC(C)CCCC(C)C. The minimum absolute atomic E-state index is 0.0148. The van der Waals surface area contributed by atoms with E-state index in [1.807, 2.05) is 0 Å². The summed E-state index contributed by atoms with van der Waals surface area (Å²) in [6, 6.07) is 0. The molecule has 0 radical (unpaired) electrons. The van der Waals surface area contributed by atoms with Gasteiger partial charge in [0, 0.05) is 0 Å². The molecule has 0 aromatic heterocycles. The molecule has 0 saturated heterocycles. The van der Waals surface area contributed by atoms with E-state index in [2.05, 4.69) is 40.7 Å². The highest BCUT2D eigenvalue weighted by Gasteiger charge is 2.33. The van der Waals surface area contributed by atoms with Crippen molar-refractivity contribution in [3.05, 3.63) is 11.6 Å². The first-order chi connectivity index (χ1) is 17.6. The Hall–Kier alpha value is -0.540. The van der Waals surface area contributed by atoms with E-state index in [4.69, 9.17) is 9.47 Å². The second kappa shape index (κ2) is 21.3. The summed E-state index contributed by atoms with van der Waals surface area (Å²) in [5.41, 5.74) is -0.866. The molecule has 2 unspecified atom stereocenters. The van der Waals surface area contributed by atoms with E-state index in [0.717, 1.165) is 24.2 Å². The van der Waals surface area contributed by atoms with Crippen LogP contribution in [0.25, 0.3) is 0 Å². The van der Waals surface area contributed by atoms with E-state index in [0.29, 0.717) is 6.61 Å². The third-order valence-corrected chi connectivity index (χ3v) is 7.59. The number of aliphatic hydroxyl groups excluding tert-OH is 5. The zero-order chi connectivity index (χ0) is 28.2. The maximum atomic E-state index is 9.82. The van der Waals surface area contributed by atoms with Gasteiger partial charge >= 0.3 is 0 Å². The first-order valence-corrected chi connectivity index (χ1v) is 14.5. The fourth-order valence-corrected chi connectivity index (χ4v) is 4.33. The summed E-state index contributed by atoms with van der Waals surface area (Å²) < 4.78 is 11.3. The van der Waals surface area contributed by atoms with Gasteiger partial charge in [-0.15, -0.1) is 0 Å². The van der Waals surface area contributed by atoms with Gasteiger partial charge in [-0.1, -0.05) is 84.3 Å². The standard InChI is InChI=1S/C30H60O7/c1-25(2)9-6-10-26(3)11-7-12-27(4)13-8-14-28(5)15-16-36-23-30(20-34,21-35)24-37-22-29(17-31,18-32)19-33/h15,25-27,31-35H,6-14,16-24H2,1-5H3/b28-15+. The number of hydrogen-bond acceptors (Lipinski definition) is 7. The van der Waals surface area contributed by atoms with Crippen LogP contribution in [-0.2, 0) is 9.47 Å². The van der Waals surface area contributed by atoms with Crippen molar-refractivity contribution in [1.82, 2.24) is 0 Å². The molecule has 0 spiro atoms. The molecular weight excluding hydrogens is 472 g/mol. The van der Waals surface area contributed by atoms with Crippen molar-refractivity contribution in [3.8, 4) is 0 Å². The highest BCUT2D eigenvalue weighted by molar-refractivity contribution is 4.98. The van der Waals surface area contributed by atoms with Crippen LogP contribution in [-0.4, -0.2) is 85.0 Å². The van der Waals surface area contributed by atoms with Gasteiger partial charge in [0.2, 0.25) is 0 Å². The van der Waals surface area contributed by atoms with Gasteiger partial charge in [0.05, 0.1) is 70.3 Å². The van der Waals surface area contributed by atoms with Crippen LogP contribution in [0.5, 0.6) is 0 Å². The fraction of sp³-hybridized carbons (Fsp3) is 0.933. The van der Waals surface area contributed by atoms with E-state index in [9.17, 15) is 25.5 Å². The van der Waals surface area contributed by atoms with Gasteiger partial charge in [0.25, 0.3) is 0 Å². The summed E-state index contributed by atoms with van der Waals surface area (Å²) in [6.07, 6.45) is 13.5. The molecule has 0 aliphatic rings. The molecule has 0 amide bonds. The zero-order valence-corrected chi connectivity index (χ0v) is 24.6. The molecule has 0 rings (SSSR count). The molecule has 7 nitrogen and oxygen atoms in total. The molecule has 0 bridgehead atoms. The molecular formula is C30H60O7. The van der Waals surface area contributed by atoms with E-state index in [1.165, 1.54) is 56.9 Å². The van der Waals surface area contributed by atoms with Gasteiger partial charge in [0.1, 0.15) is 0 Å².